The molecule has 1 heterocycles. The van der Waals surface area contributed by atoms with Crippen molar-refractivity contribution in [3.63, 3.8) is 0 Å². The van der Waals surface area contributed by atoms with E-state index in [1.165, 1.54) is 11.1 Å². The number of aryl methyl sites for hydroxylation is 1. The van der Waals surface area contributed by atoms with Gasteiger partial charge in [-0.1, -0.05) is 29.8 Å². The highest BCUT2D eigenvalue weighted by Gasteiger charge is 2.03. The van der Waals surface area contributed by atoms with Crippen molar-refractivity contribution in [3.8, 4) is 0 Å². The number of fused-ring (bicyclic) bond motifs is 1. The van der Waals surface area contributed by atoms with E-state index in [1.807, 2.05) is 18.2 Å². The highest BCUT2D eigenvalue weighted by molar-refractivity contribution is 5.91. The zero-order valence-electron chi connectivity index (χ0n) is 12.0. The van der Waals surface area contributed by atoms with Crippen LogP contribution in [-0.2, 0) is 6.42 Å². The van der Waals surface area contributed by atoms with Gasteiger partial charge in [0.15, 0.2) is 0 Å². The van der Waals surface area contributed by atoms with Crippen LogP contribution in [0.25, 0.3) is 10.9 Å². The molecule has 0 atom stereocenters. The first kappa shape index (κ1) is 13.4. The van der Waals surface area contributed by atoms with Gasteiger partial charge >= 0.3 is 0 Å². The molecule has 0 spiro atoms. The Morgan fingerprint density at radius 3 is 2.86 bits per heavy atom. The van der Waals surface area contributed by atoms with Crippen molar-refractivity contribution < 1.29 is 0 Å². The van der Waals surface area contributed by atoms with Gasteiger partial charge in [0.1, 0.15) is 12.1 Å². The molecule has 0 amide bonds. The van der Waals surface area contributed by atoms with Crippen LogP contribution in [0.5, 0.6) is 0 Å². The highest BCUT2D eigenvalue weighted by atomic mass is 15.0. The smallest absolute Gasteiger partial charge is 0.137 e. The molecule has 21 heavy (non-hydrogen) atoms. The van der Waals surface area contributed by atoms with E-state index in [9.17, 15) is 0 Å². The first-order valence-electron chi connectivity index (χ1n) is 7.02. The number of nitrogens with one attached hydrogen (secondary N) is 1. The Bertz CT molecular complexity index is 768. The Hall–Kier alpha value is -2.62. The van der Waals surface area contributed by atoms with Gasteiger partial charge in [0.25, 0.3) is 0 Å². The molecule has 4 nitrogen and oxygen atoms in total. The third kappa shape index (κ3) is 3.11. The van der Waals surface area contributed by atoms with E-state index >= 15 is 0 Å². The summed E-state index contributed by atoms with van der Waals surface area (Å²) in [7, 11) is 0. The molecule has 1 aromatic heterocycles. The van der Waals surface area contributed by atoms with Crippen LogP contribution >= 0.6 is 0 Å². The second kappa shape index (κ2) is 5.79. The van der Waals surface area contributed by atoms with Gasteiger partial charge in [0.05, 0.1) is 5.52 Å². The molecule has 2 aromatic carbocycles. The van der Waals surface area contributed by atoms with Crippen molar-refractivity contribution in [2.75, 3.05) is 17.6 Å². The maximum atomic E-state index is 5.85. The Balaban J connectivity index is 1.75. The van der Waals surface area contributed by atoms with Gasteiger partial charge in [0, 0.05) is 17.6 Å². The molecule has 4 heteroatoms. The van der Waals surface area contributed by atoms with Crippen LogP contribution in [0, 0.1) is 6.92 Å². The molecule has 0 bridgehead atoms. The van der Waals surface area contributed by atoms with Gasteiger partial charge in [-0.25, -0.2) is 9.97 Å². The number of nitrogens with zero attached hydrogens (tertiary/aromatic N) is 2. The molecule has 0 radical (unpaired) electrons. The summed E-state index contributed by atoms with van der Waals surface area (Å²) in [6.07, 6.45) is 2.53. The van der Waals surface area contributed by atoms with Crippen molar-refractivity contribution in [2.45, 2.75) is 13.3 Å². The number of hydrogen-bond acceptors (Lipinski definition) is 4. The molecule has 3 N–H and O–H groups in total. The van der Waals surface area contributed by atoms with E-state index < -0.39 is 0 Å². The predicted molar refractivity (Wildman–Crippen MR) is 87.3 cm³/mol. The maximum Gasteiger partial charge on any atom is 0.137 e. The topological polar surface area (TPSA) is 63.8 Å². The number of aromatic nitrogens is 2. The van der Waals surface area contributed by atoms with Crippen LogP contribution in [-0.4, -0.2) is 16.5 Å². The average Bonchev–Trinajstić information content (AvgIpc) is 2.48. The van der Waals surface area contributed by atoms with Gasteiger partial charge in [-0.3, -0.25) is 0 Å². The molecule has 0 saturated carbocycles. The first-order valence-corrected chi connectivity index (χ1v) is 7.02. The van der Waals surface area contributed by atoms with Crippen LogP contribution in [0.1, 0.15) is 11.1 Å². The molecule has 0 fully saturated rings. The van der Waals surface area contributed by atoms with E-state index in [4.69, 9.17) is 5.73 Å². The third-order valence-corrected chi connectivity index (χ3v) is 3.45. The van der Waals surface area contributed by atoms with Crippen LogP contribution in [0.4, 0.5) is 11.5 Å². The number of nitrogen functional groups attached to an aromatic ring is 1. The lowest BCUT2D eigenvalue weighted by molar-refractivity contribution is 1.00. The standard InChI is InChI=1S/C17H18N4/c1-12-3-2-4-13(9-12)7-8-19-17-15-10-14(18)5-6-16(15)20-11-21-17/h2-6,9-11H,7-8,18H2,1H3,(H,19,20,21). The minimum absolute atomic E-state index is 0.721. The van der Waals surface area contributed by atoms with Gasteiger partial charge in [-0.05, 0) is 37.1 Å². The summed E-state index contributed by atoms with van der Waals surface area (Å²) in [5, 5.41) is 4.34. The van der Waals surface area contributed by atoms with E-state index in [0.717, 1.165) is 35.4 Å². The fourth-order valence-electron chi connectivity index (χ4n) is 2.41. The minimum atomic E-state index is 0.721. The maximum absolute atomic E-state index is 5.85. The summed E-state index contributed by atoms with van der Waals surface area (Å²) in [5.74, 6) is 0.833. The van der Waals surface area contributed by atoms with Crippen molar-refractivity contribution >= 4 is 22.4 Å². The number of anilines is 2. The minimum Gasteiger partial charge on any atom is -0.399 e. The normalized spacial score (nSPS) is 10.7. The first-order chi connectivity index (χ1) is 10.2. The highest BCUT2D eigenvalue weighted by Crippen LogP contribution is 2.21. The van der Waals surface area contributed by atoms with Crippen LogP contribution < -0.4 is 11.1 Å². The summed E-state index contributed by atoms with van der Waals surface area (Å²) in [6.45, 7) is 2.93. The number of nitrogens with two attached hydrogens (primary N) is 1. The fourth-order valence-corrected chi connectivity index (χ4v) is 2.41. The molecule has 0 aliphatic carbocycles. The second-order valence-electron chi connectivity index (χ2n) is 5.16. The number of rotatable bonds is 4. The SMILES string of the molecule is Cc1cccc(CCNc2ncnc3ccc(N)cc23)c1. The fraction of sp³-hybridized carbons (Fsp3) is 0.176. The monoisotopic (exact) mass is 278 g/mol. The molecule has 106 valence electrons. The molecule has 0 unspecified atom stereocenters. The summed E-state index contributed by atoms with van der Waals surface area (Å²) < 4.78 is 0. The average molecular weight is 278 g/mol. The number of hydrogen-bond donors (Lipinski definition) is 2. The summed E-state index contributed by atoms with van der Waals surface area (Å²) >= 11 is 0. The number of benzene rings is 2. The van der Waals surface area contributed by atoms with Crippen LogP contribution in [0.15, 0.2) is 48.8 Å². The Morgan fingerprint density at radius 1 is 1.10 bits per heavy atom. The quantitative estimate of drug-likeness (QED) is 0.719. The van der Waals surface area contributed by atoms with Gasteiger partial charge < -0.3 is 11.1 Å². The summed E-state index contributed by atoms with van der Waals surface area (Å²) in [5.41, 5.74) is 10.1. The van der Waals surface area contributed by atoms with Crippen molar-refractivity contribution in [1.29, 1.82) is 0 Å². The zero-order chi connectivity index (χ0) is 14.7. The summed E-state index contributed by atoms with van der Waals surface area (Å²) in [6, 6.07) is 14.2. The predicted octanol–water partition coefficient (Wildman–Crippen LogP) is 3.18. The molecular weight excluding hydrogens is 260 g/mol. The van der Waals surface area contributed by atoms with E-state index in [-0.39, 0.29) is 0 Å². The Labute approximate surface area is 124 Å². The van der Waals surface area contributed by atoms with Gasteiger partial charge in [-0.2, -0.15) is 0 Å². The molecule has 0 aliphatic heterocycles. The van der Waals surface area contributed by atoms with Crippen LogP contribution in [0.2, 0.25) is 0 Å². The molecular formula is C17H18N4. The van der Waals surface area contributed by atoms with E-state index in [2.05, 4.69) is 46.5 Å². The lowest BCUT2D eigenvalue weighted by Gasteiger charge is -2.09. The van der Waals surface area contributed by atoms with Crippen LogP contribution in [0.3, 0.4) is 0 Å². The van der Waals surface area contributed by atoms with Gasteiger partial charge in [-0.15, -0.1) is 0 Å². The Kier molecular flexibility index (Phi) is 3.69. The van der Waals surface area contributed by atoms with E-state index in [0.29, 0.717) is 0 Å². The molecule has 3 aromatic rings. The second-order valence-corrected chi connectivity index (χ2v) is 5.16. The van der Waals surface area contributed by atoms with E-state index in [1.54, 1.807) is 6.33 Å². The third-order valence-electron chi connectivity index (χ3n) is 3.45. The lowest BCUT2D eigenvalue weighted by Crippen LogP contribution is -2.07. The lowest BCUT2D eigenvalue weighted by atomic mass is 10.1. The largest absolute Gasteiger partial charge is 0.399 e. The van der Waals surface area contributed by atoms with Crippen molar-refractivity contribution in [3.05, 3.63) is 59.9 Å². The molecule has 0 aliphatic rings. The molecule has 0 saturated heterocycles. The Morgan fingerprint density at radius 2 is 2.00 bits per heavy atom. The summed E-state index contributed by atoms with van der Waals surface area (Å²) in [4.78, 5) is 8.57. The van der Waals surface area contributed by atoms with Gasteiger partial charge in [0.2, 0.25) is 0 Å². The zero-order valence-corrected chi connectivity index (χ0v) is 12.0. The van der Waals surface area contributed by atoms with Crippen molar-refractivity contribution in [2.24, 2.45) is 0 Å². The molecule has 3 rings (SSSR count). The van der Waals surface area contributed by atoms with Crippen molar-refractivity contribution in [1.82, 2.24) is 9.97 Å².